The SMILES string of the molecule is Cn1nc(C(F)F)c2cc(C(=O)C(C#N)c3nc4ccccc4s3)sc21. The van der Waals surface area contributed by atoms with Gasteiger partial charge in [-0.25, -0.2) is 13.8 Å². The van der Waals surface area contributed by atoms with Crippen molar-refractivity contribution in [3.05, 3.63) is 45.9 Å². The molecule has 130 valence electrons. The maximum Gasteiger partial charge on any atom is 0.282 e. The number of alkyl halides is 2. The lowest BCUT2D eigenvalue weighted by Crippen LogP contribution is -2.09. The predicted molar refractivity (Wildman–Crippen MR) is 95.9 cm³/mol. The van der Waals surface area contributed by atoms with E-state index in [2.05, 4.69) is 10.1 Å². The number of nitrogens with zero attached hydrogens (tertiary/aromatic N) is 4. The molecule has 3 heterocycles. The second kappa shape index (κ2) is 6.23. The van der Waals surface area contributed by atoms with Gasteiger partial charge in [0.15, 0.2) is 11.7 Å². The van der Waals surface area contributed by atoms with Crippen molar-refractivity contribution < 1.29 is 13.6 Å². The van der Waals surface area contributed by atoms with Crippen LogP contribution in [-0.4, -0.2) is 20.5 Å². The van der Waals surface area contributed by atoms with Crippen molar-refractivity contribution in [1.82, 2.24) is 14.8 Å². The lowest BCUT2D eigenvalue weighted by molar-refractivity contribution is 0.0982. The summed E-state index contributed by atoms with van der Waals surface area (Å²) >= 11 is 2.34. The number of hydrogen-bond donors (Lipinski definition) is 0. The summed E-state index contributed by atoms with van der Waals surface area (Å²) in [5, 5.41) is 14.0. The summed E-state index contributed by atoms with van der Waals surface area (Å²) in [7, 11) is 1.55. The molecule has 26 heavy (non-hydrogen) atoms. The minimum Gasteiger partial charge on any atom is -0.291 e. The molecule has 3 aromatic heterocycles. The van der Waals surface area contributed by atoms with Gasteiger partial charge in [-0.1, -0.05) is 12.1 Å². The fraction of sp³-hybridized carbons (Fsp3) is 0.176. The van der Waals surface area contributed by atoms with Gasteiger partial charge in [-0.3, -0.25) is 9.48 Å². The van der Waals surface area contributed by atoms with Crippen LogP contribution >= 0.6 is 22.7 Å². The quantitative estimate of drug-likeness (QED) is 0.476. The third kappa shape index (κ3) is 2.58. The van der Waals surface area contributed by atoms with Crippen molar-refractivity contribution in [1.29, 1.82) is 5.26 Å². The number of hydrogen-bond acceptors (Lipinski definition) is 6. The van der Waals surface area contributed by atoms with Crippen molar-refractivity contribution in [3.8, 4) is 6.07 Å². The van der Waals surface area contributed by atoms with E-state index in [0.29, 0.717) is 9.84 Å². The number of carbonyl (C=O) groups is 1. The topological polar surface area (TPSA) is 71.6 Å². The van der Waals surface area contributed by atoms with E-state index < -0.39 is 18.1 Å². The summed E-state index contributed by atoms with van der Waals surface area (Å²) in [5.41, 5.74) is 0.368. The van der Waals surface area contributed by atoms with Crippen LogP contribution in [0.5, 0.6) is 0 Å². The first kappa shape index (κ1) is 16.8. The molecule has 0 saturated carbocycles. The summed E-state index contributed by atoms with van der Waals surface area (Å²) < 4.78 is 28.4. The number of aryl methyl sites for hydroxylation is 1. The minimum absolute atomic E-state index is 0.247. The zero-order valence-corrected chi connectivity index (χ0v) is 14.9. The fourth-order valence-electron chi connectivity index (χ4n) is 2.73. The molecule has 0 amide bonds. The monoisotopic (exact) mass is 388 g/mol. The number of aromatic nitrogens is 3. The zero-order chi connectivity index (χ0) is 18.4. The van der Waals surface area contributed by atoms with Crippen molar-refractivity contribution in [2.45, 2.75) is 12.3 Å². The summed E-state index contributed by atoms with van der Waals surface area (Å²) in [6.45, 7) is 0. The maximum absolute atomic E-state index is 13.1. The molecule has 0 aliphatic heterocycles. The zero-order valence-electron chi connectivity index (χ0n) is 13.3. The molecule has 1 atom stereocenters. The molecule has 0 bridgehead atoms. The smallest absolute Gasteiger partial charge is 0.282 e. The Morgan fingerprint density at radius 2 is 2.08 bits per heavy atom. The molecule has 0 spiro atoms. The first-order valence-electron chi connectivity index (χ1n) is 7.53. The molecule has 1 unspecified atom stereocenters. The maximum atomic E-state index is 13.1. The molecule has 0 saturated heterocycles. The molecule has 0 aliphatic rings. The van der Waals surface area contributed by atoms with Gasteiger partial charge in [0.05, 0.1) is 21.2 Å². The van der Waals surface area contributed by atoms with Crippen LogP contribution < -0.4 is 0 Å². The molecule has 0 N–H and O–H groups in total. The van der Waals surface area contributed by atoms with Crippen molar-refractivity contribution in [3.63, 3.8) is 0 Å². The Hall–Kier alpha value is -2.70. The Labute approximate surface area is 154 Å². The highest BCUT2D eigenvalue weighted by Crippen LogP contribution is 2.36. The number of Topliss-reactive ketones (excluding diaryl/α,β-unsaturated/α-hetero) is 1. The highest BCUT2D eigenvalue weighted by molar-refractivity contribution is 7.21. The Morgan fingerprint density at radius 1 is 1.31 bits per heavy atom. The number of halogens is 2. The van der Waals surface area contributed by atoms with Crippen molar-refractivity contribution >= 4 is 48.9 Å². The fourth-order valence-corrected chi connectivity index (χ4v) is 4.79. The lowest BCUT2D eigenvalue weighted by Gasteiger charge is -2.02. The minimum atomic E-state index is -2.73. The molecular weight excluding hydrogens is 378 g/mol. The van der Waals surface area contributed by atoms with Gasteiger partial charge < -0.3 is 0 Å². The third-order valence-corrected chi connectivity index (χ3v) is 6.26. The largest absolute Gasteiger partial charge is 0.291 e. The van der Waals surface area contributed by atoms with E-state index in [1.165, 1.54) is 22.1 Å². The number of thiazole rings is 1. The highest BCUT2D eigenvalue weighted by Gasteiger charge is 2.29. The summed E-state index contributed by atoms with van der Waals surface area (Å²) in [6, 6.07) is 10.8. The van der Waals surface area contributed by atoms with Crippen LogP contribution in [0.2, 0.25) is 0 Å². The van der Waals surface area contributed by atoms with Crippen molar-refractivity contribution in [2.75, 3.05) is 0 Å². The first-order valence-corrected chi connectivity index (χ1v) is 9.16. The molecule has 0 aliphatic carbocycles. The molecule has 5 nitrogen and oxygen atoms in total. The Balaban J connectivity index is 1.77. The molecule has 0 fully saturated rings. The number of benzene rings is 1. The molecule has 4 rings (SSSR count). The van der Waals surface area contributed by atoms with Crippen LogP contribution in [0.25, 0.3) is 20.4 Å². The number of ketones is 1. The number of para-hydroxylation sites is 1. The average Bonchev–Trinajstić information content (AvgIpc) is 3.29. The van der Waals surface area contributed by atoms with Gasteiger partial charge in [-0.2, -0.15) is 10.4 Å². The van der Waals surface area contributed by atoms with E-state index in [1.54, 1.807) is 7.05 Å². The third-order valence-electron chi connectivity index (χ3n) is 3.94. The van der Waals surface area contributed by atoms with Gasteiger partial charge in [0, 0.05) is 12.4 Å². The Morgan fingerprint density at radius 3 is 2.77 bits per heavy atom. The van der Waals surface area contributed by atoms with Gasteiger partial charge in [0.25, 0.3) is 6.43 Å². The summed E-state index contributed by atoms with van der Waals surface area (Å²) in [4.78, 5) is 18.0. The molecule has 9 heteroatoms. The van der Waals surface area contributed by atoms with Crippen LogP contribution in [0.3, 0.4) is 0 Å². The molecule has 4 aromatic rings. The number of thiophene rings is 1. The van der Waals surface area contributed by atoms with Crippen LogP contribution in [-0.2, 0) is 7.05 Å². The second-order valence-electron chi connectivity index (χ2n) is 5.59. The van der Waals surface area contributed by atoms with Gasteiger partial charge in [0.1, 0.15) is 15.5 Å². The van der Waals surface area contributed by atoms with Crippen LogP contribution in [0, 0.1) is 11.3 Å². The van der Waals surface area contributed by atoms with Crippen LogP contribution in [0.15, 0.2) is 30.3 Å². The van der Waals surface area contributed by atoms with Gasteiger partial charge in [0.2, 0.25) is 0 Å². The number of nitriles is 1. The standard InChI is InChI=1S/C17H10F2N4OS2/c1-23-17-8(13(22-23)15(18)19)6-12(26-17)14(24)9(7-20)16-21-10-4-2-3-5-11(10)25-16/h2-6,9,15H,1H3. The molecule has 1 aromatic carbocycles. The number of fused-ring (bicyclic) bond motifs is 2. The summed E-state index contributed by atoms with van der Waals surface area (Å²) in [5.74, 6) is -1.50. The molecule has 0 radical (unpaired) electrons. The normalized spacial score (nSPS) is 12.7. The van der Waals surface area contributed by atoms with Gasteiger partial charge >= 0.3 is 0 Å². The van der Waals surface area contributed by atoms with Crippen molar-refractivity contribution in [2.24, 2.45) is 7.05 Å². The number of rotatable bonds is 4. The van der Waals surface area contributed by atoms with E-state index in [1.807, 2.05) is 30.3 Å². The Kier molecular flexibility index (Phi) is 4.01. The van der Waals surface area contributed by atoms with E-state index in [0.717, 1.165) is 21.6 Å². The van der Waals surface area contributed by atoms with E-state index >= 15 is 0 Å². The highest BCUT2D eigenvalue weighted by atomic mass is 32.1. The first-order chi connectivity index (χ1) is 12.5. The van der Waals surface area contributed by atoms with E-state index in [-0.39, 0.29) is 16.0 Å². The summed E-state index contributed by atoms with van der Waals surface area (Å²) in [6.07, 6.45) is -2.73. The van der Waals surface area contributed by atoms with Crippen LogP contribution in [0.4, 0.5) is 8.78 Å². The van der Waals surface area contributed by atoms with Gasteiger partial charge in [-0.05, 0) is 18.2 Å². The average molecular weight is 388 g/mol. The predicted octanol–water partition coefficient (Wildman–Crippen LogP) is 4.67. The lowest BCUT2D eigenvalue weighted by atomic mass is 10.1. The van der Waals surface area contributed by atoms with Crippen LogP contribution in [0.1, 0.15) is 32.7 Å². The van der Waals surface area contributed by atoms with E-state index in [9.17, 15) is 18.8 Å². The Bertz CT molecular complexity index is 1150. The van der Waals surface area contributed by atoms with E-state index in [4.69, 9.17) is 0 Å². The second-order valence-corrected chi connectivity index (χ2v) is 7.68. The van der Waals surface area contributed by atoms with Gasteiger partial charge in [-0.15, -0.1) is 22.7 Å². The molecular formula is C17H10F2N4OS2. The number of carbonyl (C=O) groups excluding carboxylic acids is 1.